The summed E-state index contributed by atoms with van der Waals surface area (Å²) in [4.78, 5) is 16.4. The molecule has 0 bridgehead atoms. The zero-order chi connectivity index (χ0) is 32.6. The van der Waals surface area contributed by atoms with Crippen molar-refractivity contribution >= 4 is 60.1 Å². The second-order valence-electron chi connectivity index (χ2n) is 9.17. The minimum Gasteiger partial charge on any atom is -0.487 e. The summed E-state index contributed by atoms with van der Waals surface area (Å²) < 4.78 is 122. The number of rotatable bonds is 9. The molecule has 0 aliphatic heterocycles. The predicted molar refractivity (Wildman–Crippen MR) is 154 cm³/mol. The van der Waals surface area contributed by atoms with Crippen LogP contribution in [0.5, 0.6) is 5.75 Å². The van der Waals surface area contributed by atoms with Crippen LogP contribution in [0.15, 0.2) is 59.6 Å². The summed E-state index contributed by atoms with van der Waals surface area (Å²) in [5.41, 5.74) is -5.33. The Morgan fingerprint density at radius 3 is 2.32 bits per heavy atom. The number of aromatic nitrogens is 1. The highest BCUT2D eigenvalue weighted by Gasteiger charge is 2.47. The molecule has 0 aliphatic rings. The van der Waals surface area contributed by atoms with E-state index in [1.165, 1.54) is 24.3 Å². The van der Waals surface area contributed by atoms with Crippen LogP contribution in [0, 0.1) is 18.6 Å². The largest absolute Gasteiger partial charge is 0.501 e. The third-order valence-electron chi connectivity index (χ3n) is 5.62. The molecule has 4 rings (SSSR count). The first-order valence-electron chi connectivity index (χ1n) is 11.9. The van der Waals surface area contributed by atoms with E-state index in [4.69, 9.17) is 16.3 Å². The maximum atomic E-state index is 14.1. The number of benzene rings is 2. The number of sulfone groups is 1. The van der Waals surface area contributed by atoms with Gasteiger partial charge in [-0.05, 0) is 55.0 Å². The fourth-order valence-electron chi connectivity index (χ4n) is 3.84. The summed E-state index contributed by atoms with van der Waals surface area (Å²) in [6, 6.07) is 7.96. The number of thiophene rings is 1. The van der Waals surface area contributed by atoms with Gasteiger partial charge in [-0.2, -0.15) is 13.2 Å². The van der Waals surface area contributed by atoms with Gasteiger partial charge in [-0.1, -0.05) is 11.6 Å². The van der Waals surface area contributed by atoms with E-state index < -0.39 is 54.4 Å². The van der Waals surface area contributed by atoms with Crippen LogP contribution in [0.25, 0.3) is 11.3 Å². The van der Waals surface area contributed by atoms with E-state index in [1.54, 1.807) is 6.92 Å². The Kier molecular flexibility index (Phi) is 9.25. The Balaban J connectivity index is 1.60. The van der Waals surface area contributed by atoms with Crippen molar-refractivity contribution in [2.75, 3.05) is 16.3 Å². The van der Waals surface area contributed by atoms with Gasteiger partial charge in [-0.25, -0.2) is 30.6 Å². The number of alkyl halides is 3. The Morgan fingerprint density at radius 2 is 1.66 bits per heavy atom. The lowest BCUT2D eigenvalue weighted by Gasteiger charge is -2.13. The topological polar surface area (TPSA) is 132 Å². The van der Waals surface area contributed by atoms with Gasteiger partial charge in [0.2, 0.25) is 10.0 Å². The first-order valence-corrected chi connectivity index (χ1v) is 16.5. The van der Waals surface area contributed by atoms with Crippen molar-refractivity contribution < 1.29 is 48.3 Å². The SMILES string of the molecule is Cc1sc(C(=O)Nc2cc(Cl)cc(NS(C)(=O)=O)c2)cc1-c1ncc(F)cc1OCc1cc(F)cc(S(=O)(=O)C(F)(F)F)c1. The number of ether oxygens (including phenoxy) is 1. The highest BCUT2D eigenvalue weighted by Crippen LogP contribution is 2.37. The number of nitrogens with zero attached hydrogens (tertiary/aromatic N) is 1. The van der Waals surface area contributed by atoms with Gasteiger partial charge in [0.05, 0.1) is 27.9 Å². The molecule has 9 nitrogen and oxygen atoms in total. The number of hydrogen-bond donors (Lipinski definition) is 2. The van der Waals surface area contributed by atoms with Gasteiger partial charge in [-0.3, -0.25) is 9.52 Å². The van der Waals surface area contributed by atoms with Crippen molar-refractivity contribution in [2.24, 2.45) is 0 Å². The van der Waals surface area contributed by atoms with Crippen molar-refractivity contribution in [1.29, 1.82) is 0 Å². The highest BCUT2D eigenvalue weighted by atomic mass is 35.5. The molecule has 0 radical (unpaired) electrons. The molecule has 0 saturated carbocycles. The van der Waals surface area contributed by atoms with Crippen LogP contribution in [0.2, 0.25) is 5.02 Å². The van der Waals surface area contributed by atoms with Crippen molar-refractivity contribution in [3.05, 3.63) is 86.7 Å². The fraction of sp³-hybridized carbons (Fsp3) is 0.154. The molecule has 0 unspecified atom stereocenters. The molecule has 44 heavy (non-hydrogen) atoms. The Labute approximate surface area is 256 Å². The molecule has 18 heteroatoms. The molecule has 0 saturated heterocycles. The number of carbonyl (C=O) groups is 1. The van der Waals surface area contributed by atoms with Crippen LogP contribution in [0.4, 0.5) is 33.3 Å². The minimum atomic E-state index is -5.85. The molecule has 2 aromatic carbocycles. The number of pyridine rings is 1. The lowest BCUT2D eigenvalue weighted by molar-refractivity contribution is -0.0436. The summed E-state index contributed by atoms with van der Waals surface area (Å²) >= 11 is 7.07. The maximum absolute atomic E-state index is 14.1. The summed E-state index contributed by atoms with van der Waals surface area (Å²) in [7, 11) is -9.48. The van der Waals surface area contributed by atoms with Crippen molar-refractivity contribution in [3.8, 4) is 17.0 Å². The maximum Gasteiger partial charge on any atom is 0.501 e. The number of carbonyl (C=O) groups excluding carboxylic acids is 1. The second kappa shape index (κ2) is 12.3. The van der Waals surface area contributed by atoms with E-state index in [-0.39, 0.29) is 44.3 Å². The molecular formula is C26H19ClF5N3O6S3. The number of sulfonamides is 1. The first-order chi connectivity index (χ1) is 20.3. The number of nitrogens with one attached hydrogen (secondary N) is 2. The van der Waals surface area contributed by atoms with E-state index in [1.807, 2.05) is 0 Å². The molecule has 0 fully saturated rings. The van der Waals surface area contributed by atoms with Gasteiger partial charge < -0.3 is 10.1 Å². The Hall–Kier alpha value is -3.80. The number of anilines is 2. The average Bonchev–Trinajstić information content (AvgIpc) is 3.26. The smallest absolute Gasteiger partial charge is 0.487 e. The summed E-state index contributed by atoms with van der Waals surface area (Å²) in [6.07, 6.45) is 1.80. The zero-order valence-corrected chi connectivity index (χ0v) is 25.5. The molecule has 2 N–H and O–H groups in total. The number of amides is 1. The van der Waals surface area contributed by atoms with Gasteiger partial charge >= 0.3 is 5.51 Å². The van der Waals surface area contributed by atoms with Gasteiger partial charge in [-0.15, -0.1) is 11.3 Å². The molecule has 2 aromatic heterocycles. The van der Waals surface area contributed by atoms with Crippen LogP contribution >= 0.6 is 22.9 Å². The molecule has 4 aromatic rings. The first kappa shape index (κ1) is 33.1. The number of aryl methyl sites for hydroxylation is 1. The third-order valence-corrected chi connectivity index (χ3v) is 8.96. The van der Waals surface area contributed by atoms with Crippen LogP contribution in [0.3, 0.4) is 0 Å². The molecule has 0 spiro atoms. The summed E-state index contributed by atoms with van der Waals surface area (Å²) in [5.74, 6) is -2.96. The lowest BCUT2D eigenvalue weighted by Crippen LogP contribution is -2.23. The highest BCUT2D eigenvalue weighted by molar-refractivity contribution is 7.92. The second-order valence-corrected chi connectivity index (χ2v) is 14.6. The van der Waals surface area contributed by atoms with Crippen LogP contribution in [0.1, 0.15) is 20.1 Å². The van der Waals surface area contributed by atoms with Crippen molar-refractivity contribution in [2.45, 2.75) is 23.9 Å². The van der Waals surface area contributed by atoms with Gasteiger partial charge in [0, 0.05) is 27.2 Å². The number of hydrogen-bond acceptors (Lipinski definition) is 8. The molecule has 234 valence electrons. The Morgan fingerprint density at radius 1 is 0.977 bits per heavy atom. The van der Waals surface area contributed by atoms with Gasteiger partial charge in [0.25, 0.3) is 15.7 Å². The third kappa shape index (κ3) is 7.82. The summed E-state index contributed by atoms with van der Waals surface area (Å²) in [5, 5.41) is 2.73. The standard InChI is InChI=1S/C26H19ClF5N3O6S3/c1-13-21(10-23(42-13)25(36)34-18-5-15(27)6-19(9-18)35-43(2,37)38)24-22(8-17(29)11-33-24)41-12-14-3-16(28)7-20(4-14)44(39,40)26(30,31)32/h3-11,35H,12H2,1-2H3,(H,34,36). The fourth-order valence-corrected chi connectivity index (χ4v) is 6.38. The molecule has 1 amide bonds. The molecule has 0 aliphatic carbocycles. The van der Waals surface area contributed by atoms with E-state index in [2.05, 4.69) is 15.0 Å². The predicted octanol–water partition coefficient (Wildman–Crippen LogP) is 6.55. The normalized spacial score (nSPS) is 12.2. The van der Waals surface area contributed by atoms with E-state index in [9.17, 15) is 43.6 Å². The van der Waals surface area contributed by atoms with Crippen LogP contribution < -0.4 is 14.8 Å². The molecule has 0 atom stereocenters. The number of halogens is 6. The van der Waals surface area contributed by atoms with Crippen LogP contribution in [-0.4, -0.2) is 39.5 Å². The quantitative estimate of drug-likeness (QED) is 0.190. The molecular weight excluding hydrogens is 677 g/mol. The van der Waals surface area contributed by atoms with Crippen LogP contribution in [-0.2, 0) is 26.5 Å². The van der Waals surface area contributed by atoms with Crippen molar-refractivity contribution in [1.82, 2.24) is 4.98 Å². The Bertz CT molecular complexity index is 1980. The average molecular weight is 696 g/mol. The van der Waals surface area contributed by atoms with E-state index in [0.717, 1.165) is 35.9 Å². The van der Waals surface area contributed by atoms with Gasteiger partial charge in [0.1, 0.15) is 29.7 Å². The molecule has 2 heterocycles. The van der Waals surface area contributed by atoms with E-state index in [0.29, 0.717) is 16.5 Å². The lowest BCUT2D eigenvalue weighted by atomic mass is 10.1. The van der Waals surface area contributed by atoms with E-state index >= 15 is 0 Å². The van der Waals surface area contributed by atoms with Gasteiger partial charge in [0.15, 0.2) is 0 Å². The monoisotopic (exact) mass is 695 g/mol. The zero-order valence-electron chi connectivity index (χ0n) is 22.3. The van der Waals surface area contributed by atoms with Crippen molar-refractivity contribution in [3.63, 3.8) is 0 Å². The minimum absolute atomic E-state index is 0.0288. The summed E-state index contributed by atoms with van der Waals surface area (Å²) in [6.45, 7) is 0.964.